The van der Waals surface area contributed by atoms with E-state index in [1.165, 1.54) is 0 Å². The topological polar surface area (TPSA) is 77.1 Å². The van der Waals surface area contributed by atoms with Gasteiger partial charge in [0.05, 0.1) is 19.6 Å². The van der Waals surface area contributed by atoms with Crippen LogP contribution in [0.25, 0.3) is 0 Å². The van der Waals surface area contributed by atoms with Crippen molar-refractivity contribution in [2.24, 2.45) is 0 Å². The Morgan fingerprint density at radius 1 is 1.19 bits per heavy atom. The number of hydrogen-bond donors (Lipinski definition) is 1. The number of likely N-dealkylation sites (N-methyl/N-ethyl adjacent to an activating group) is 1. The molecule has 0 aromatic heterocycles. The maximum atomic E-state index is 12.3. The number of aryl methyl sites for hydroxylation is 1. The molecule has 0 unspecified atom stereocenters. The minimum Gasteiger partial charge on any atom is -0.483 e. The van der Waals surface area contributed by atoms with E-state index < -0.39 is 5.79 Å². The summed E-state index contributed by atoms with van der Waals surface area (Å²) in [5.41, 5.74) is 4.90. The molecule has 0 aliphatic carbocycles. The lowest BCUT2D eigenvalue weighted by atomic mass is 9.98. The zero-order valence-corrected chi connectivity index (χ0v) is 18.2. The summed E-state index contributed by atoms with van der Waals surface area (Å²) >= 11 is 0. The summed E-state index contributed by atoms with van der Waals surface area (Å²) in [6.45, 7) is 5.29. The lowest BCUT2D eigenvalue weighted by molar-refractivity contribution is -0.170. The number of amides is 2. The number of anilines is 1. The molecule has 164 valence electrons. The third kappa shape index (κ3) is 4.29. The highest BCUT2D eigenvalue weighted by molar-refractivity contribution is 6.00. The molecule has 0 bridgehead atoms. The van der Waals surface area contributed by atoms with Crippen molar-refractivity contribution in [1.82, 2.24) is 5.32 Å². The number of fused-ring (bicyclic) bond motifs is 1. The molecule has 1 N–H and O–H groups in total. The van der Waals surface area contributed by atoms with Crippen molar-refractivity contribution < 1.29 is 23.8 Å². The number of hydrogen-bond acceptors (Lipinski definition) is 5. The number of ether oxygens (including phenoxy) is 3. The maximum Gasteiger partial charge on any atom is 0.257 e. The number of rotatable bonds is 7. The van der Waals surface area contributed by atoms with Crippen LogP contribution in [0.5, 0.6) is 5.75 Å². The van der Waals surface area contributed by atoms with Gasteiger partial charge in [0.2, 0.25) is 5.91 Å². The molecule has 4 rings (SSSR count). The van der Waals surface area contributed by atoms with Crippen molar-refractivity contribution in [2.45, 2.75) is 32.5 Å². The minimum absolute atomic E-state index is 0.0493. The number of nitrogens with one attached hydrogen (secondary N) is 1. The average Bonchev–Trinajstić information content (AvgIpc) is 3.34. The normalized spacial score (nSPS) is 17.0. The quantitative estimate of drug-likeness (QED) is 0.739. The van der Waals surface area contributed by atoms with Gasteiger partial charge in [0, 0.05) is 31.3 Å². The van der Waals surface area contributed by atoms with Crippen LogP contribution < -0.4 is 15.0 Å². The van der Waals surface area contributed by atoms with Crippen LogP contribution in [0.3, 0.4) is 0 Å². The van der Waals surface area contributed by atoms with Crippen LogP contribution in [-0.2, 0) is 31.3 Å². The fourth-order valence-electron chi connectivity index (χ4n) is 4.06. The molecule has 0 radical (unpaired) electrons. The predicted molar refractivity (Wildman–Crippen MR) is 116 cm³/mol. The fourth-order valence-corrected chi connectivity index (χ4v) is 4.06. The summed E-state index contributed by atoms with van der Waals surface area (Å²) in [6, 6.07) is 11.6. The Morgan fingerprint density at radius 2 is 1.97 bits per heavy atom. The van der Waals surface area contributed by atoms with E-state index in [2.05, 4.69) is 5.32 Å². The smallest absolute Gasteiger partial charge is 0.257 e. The number of benzene rings is 2. The predicted octanol–water partition coefficient (Wildman–Crippen LogP) is 2.61. The highest BCUT2D eigenvalue weighted by Gasteiger charge is 2.39. The molecule has 2 aliphatic heterocycles. The molecule has 2 amide bonds. The first kappa shape index (κ1) is 21.3. The maximum absolute atomic E-state index is 12.3. The van der Waals surface area contributed by atoms with Crippen molar-refractivity contribution >= 4 is 17.5 Å². The van der Waals surface area contributed by atoms with Gasteiger partial charge in [-0.05, 0) is 48.7 Å². The molecular weight excluding hydrogens is 396 g/mol. The molecule has 7 heteroatoms. The lowest BCUT2D eigenvalue weighted by Gasteiger charge is -2.28. The van der Waals surface area contributed by atoms with Gasteiger partial charge in [0.25, 0.3) is 5.91 Å². The van der Waals surface area contributed by atoms with E-state index in [1.54, 1.807) is 11.9 Å². The van der Waals surface area contributed by atoms with E-state index in [9.17, 15) is 9.59 Å². The van der Waals surface area contributed by atoms with Crippen LogP contribution in [0.15, 0.2) is 36.4 Å². The molecule has 31 heavy (non-hydrogen) atoms. The number of carbonyl (C=O) groups is 2. The molecule has 2 aromatic rings. The Bertz CT molecular complexity index is 997. The van der Waals surface area contributed by atoms with Gasteiger partial charge < -0.3 is 24.4 Å². The lowest BCUT2D eigenvalue weighted by Crippen LogP contribution is -2.36. The van der Waals surface area contributed by atoms with Crippen molar-refractivity contribution in [3.63, 3.8) is 0 Å². The van der Waals surface area contributed by atoms with Crippen LogP contribution in [0.1, 0.15) is 28.7 Å². The molecule has 2 aromatic carbocycles. The second-order valence-electron chi connectivity index (χ2n) is 8.01. The molecule has 0 saturated carbocycles. The van der Waals surface area contributed by atoms with Gasteiger partial charge in [0.15, 0.2) is 12.4 Å². The van der Waals surface area contributed by atoms with Gasteiger partial charge >= 0.3 is 0 Å². The first-order valence-corrected chi connectivity index (χ1v) is 10.5. The van der Waals surface area contributed by atoms with Crippen LogP contribution in [-0.4, -0.2) is 45.2 Å². The van der Waals surface area contributed by atoms with Gasteiger partial charge in [-0.1, -0.05) is 18.2 Å². The zero-order valence-electron chi connectivity index (χ0n) is 18.2. The van der Waals surface area contributed by atoms with Crippen LogP contribution in [0.2, 0.25) is 0 Å². The molecule has 7 nitrogen and oxygen atoms in total. The number of nitrogens with zero attached hydrogens (tertiary/aromatic N) is 1. The van der Waals surface area contributed by atoms with Crippen molar-refractivity contribution in [2.75, 3.05) is 38.3 Å². The highest BCUT2D eigenvalue weighted by Crippen LogP contribution is 2.38. The Hall–Kier alpha value is -2.90. The monoisotopic (exact) mass is 424 g/mol. The first-order chi connectivity index (χ1) is 14.9. The van der Waals surface area contributed by atoms with E-state index in [0.29, 0.717) is 38.3 Å². The average molecular weight is 424 g/mol. The van der Waals surface area contributed by atoms with E-state index in [4.69, 9.17) is 14.2 Å². The Balaban J connectivity index is 1.36. The first-order valence-electron chi connectivity index (χ1n) is 10.5. The van der Waals surface area contributed by atoms with Gasteiger partial charge in [-0.15, -0.1) is 0 Å². The van der Waals surface area contributed by atoms with Crippen molar-refractivity contribution in [3.05, 3.63) is 58.7 Å². The molecule has 1 saturated heterocycles. The van der Waals surface area contributed by atoms with Crippen molar-refractivity contribution in [3.8, 4) is 5.75 Å². The Morgan fingerprint density at radius 3 is 2.74 bits per heavy atom. The minimum atomic E-state index is -0.916. The summed E-state index contributed by atoms with van der Waals surface area (Å²) in [5.74, 6) is -0.326. The van der Waals surface area contributed by atoms with E-state index in [-0.39, 0.29) is 18.4 Å². The van der Waals surface area contributed by atoms with E-state index >= 15 is 0 Å². The third-order valence-electron chi connectivity index (χ3n) is 6.04. The van der Waals surface area contributed by atoms with E-state index in [1.807, 2.05) is 50.2 Å². The molecule has 2 aliphatic rings. The van der Waals surface area contributed by atoms with Crippen LogP contribution in [0.4, 0.5) is 5.69 Å². The van der Waals surface area contributed by atoms with Crippen LogP contribution >= 0.6 is 0 Å². The molecule has 0 spiro atoms. The summed E-state index contributed by atoms with van der Waals surface area (Å²) in [6.07, 6.45) is 0.840. The second-order valence-corrected chi connectivity index (χ2v) is 8.01. The Kier molecular flexibility index (Phi) is 5.98. The van der Waals surface area contributed by atoms with Gasteiger partial charge in [-0.3, -0.25) is 9.59 Å². The van der Waals surface area contributed by atoms with Gasteiger partial charge in [0.1, 0.15) is 5.75 Å². The van der Waals surface area contributed by atoms with E-state index in [0.717, 1.165) is 27.9 Å². The largest absolute Gasteiger partial charge is 0.483 e. The summed E-state index contributed by atoms with van der Waals surface area (Å²) < 4.78 is 17.6. The molecule has 1 fully saturated rings. The zero-order chi connectivity index (χ0) is 22.0. The fraction of sp³-hybridized carbons (Fsp3) is 0.417. The summed E-state index contributed by atoms with van der Waals surface area (Å²) in [7, 11) is 1.78. The van der Waals surface area contributed by atoms with Gasteiger partial charge in [-0.25, -0.2) is 0 Å². The van der Waals surface area contributed by atoms with Crippen molar-refractivity contribution in [1.29, 1.82) is 0 Å². The SMILES string of the molecule is Cc1cccc(OCC(=O)NCCC2(c3ccc4c(c3)CC(=O)N4C)OCCO2)c1C. The van der Waals surface area contributed by atoms with Crippen LogP contribution in [0, 0.1) is 13.8 Å². The number of carbonyl (C=O) groups excluding carboxylic acids is 2. The standard InChI is InChI=1S/C24H28N2O5/c1-16-5-4-6-21(17(16)2)29-15-22(27)25-10-9-24(30-11-12-31-24)19-7-8-20-18(13-19)14-23(28)26(20)3/h4-8,13H,9-12,14-15H2,1-3H3,(H,25,27). The second kappa shape index (κ2) is 8.69. The highest BCUT2D eigenvalue weighted by atomic mass is 16.7. The molecule has 0 atom stereocenters. The summed E-state index contributed by atoms with van der Waals surface area (Å²) in [5, 5.41) is 2.89. The van der Waals surface area contributed by atoms with Gasteiger partial charge in [-0.2, -0.15) is 0 Å². The molecular formula is C24H28N2O5. The Labute approximate surface area is 182 Å². The summed E-state index contributed by atoms with van der Waals surface area (Å²) in [4.78, 5) is 26.0. The third-order valence-corrected chi connectivity index (χ3v) is 6.04. The molecule has 2 heterocycles.